The summed E-state index contributed by atoms with van der Waals surface area (Å²) >= 11 is 0. The van der Waals surface area contributed by atoms with Crippen molar-refractivity contribution in [2.75, 3.05) is 33.3 Å². The van der Waals surface area contributed by atoms with Crippen LogP contribution < -0.4 is 5.32 Å². The fourth-order valence-electron chi connectivity index (χ4n) is 1.96. The van der Waals surface area contributed by atoms with Gasteiger partial charge >= 0.3 is 5.88 Å². The summed E-state index contributed by atoms with van der Waals surface area (Å²) in [6, 6.07) is 3.01. The summed E-state index contributed by atoms with van der Waals surface area (Å²) < 4.78 is 10.7. The van der Waals surface area contributed by atoms with Crippen molar-refractivity contribution < 1.29 is 14.1 Å². The molecule has 7 nitrogen and oxygen atoms in total. The lowest BCUT2D eigenvalue weighted by Crippen LogP contribution is -2.44. The molecule has 1 aromatic heterocycles. The molecule has 0 amide bonds. The predicted molar refractivity (Wildman–Crippen MR) is 64.3 cm³/mol. The Kier molecular flexibility index (Phi) is 4.29. The van der Waals surface area contributed by atoms with Gasteiger partial charge in [-0.1, -0.05) is 0 Å². The standard InChI is InChI=1S/C11H17N3O4/c1-13(8-10-6-12-4-5-17-10)7-9-2-3-11(18-9)14(15)16/h2-3,10,12H,4-8H2,1H3. The minimum atomic E-state index is -0.530. The van der Waals surface area contributed by atoms with Crippen LogP contribution in [0, 0.1) is 10.1 Å². The predicted octanol–water partition coefficient (Wildman–Crippen LogP) is 0.608. The Bertz CT molecular complexity index is 401. The van der Waals surface area contributed by atoms with Crippen molar-refractivity contribution in [3.05, 3.63) is 28.0 Å². The van der Waals surface area contributed by atoms with Gasteiger partial charge in [-0.25, -0.2) is 0 Å². The summed E-state index contributed by atoms with van der Waals surface area (Å²) in [5, 5.41) is 13.7. The molecule has 0 aromatic carbocycles. The second-order valence-corrected chi connectivity index (χ2v) is 4.39. The maximum Gasteiger partial charge on any atom is 0.433 e. The topological polar surface area (TPSA) is 80.8 Å². The van der Waals surface area contributed by atoms with Gasteiger partial charge in [0.05, 0.1) is 25.3 Å². The van der Waals surface area contributed by atoms with Crippen molar-refractivity contribution in [1.82, 2.24) is 10.2 Å². The smallest absolute Gasteiger partial charge is 0.404 e. The lowest BCUT2D eigenvalue weighted by molar-refractivity contribution is -0.402. The molecule has 0 saturated carbocycles. The largest absolute Gasteiger partial charge is 0.433 e. The van der Waals surface area contributed by atoms with Gasteiger partial charge < -0.3 is 14.5 Å². The molecule has 2 heterocycles. The van der Waals surface area contributed by atoms with E-state index in [4.69, 9.17) is 9.15 Å². The molecule has 100 valence electrons. The van der Waals surface area contributed by atoms with Crippen LogP contribution in [0.1, 0.15) is 5.76 Å². The van der Waals surface area contributed by atoms with E-state index < -0.39 is 4.92 Å². The molecular weight excluding hydrogens is 238 g/mol. The van der Waals surface area contributed by atoms with Gasteiger partial charge in [0.15, 0.2) is 0 Å². The Labute approximate surface area is 105 Å². The zero-order valence-corrected chi connectivity index (χ0v) is 10.3. The third-order valence-electron chi connectivity index (χ3n) is 2.77. The quantitative estimate of drug-likeness (QED) is 0.613. The molecule has 1 fully saturated rings. The number of hydrogen-bond donors (Lipinski definition) is 1. The van der Waals surface area contributed by atoms with Crippen molar-refractivity contribution in [2.24, 2.45) is 0 Å². The monoisotopic (exact) mass is 255 g/mol. The first-order chi connectivity index (χ1) is 8.65. The first-order valence-corrected chi connectivity index (χ1v) is 5.89. The van der Waals surface area contributed by atoms with Crippen LogP contribution >= 0.6 is 0 Å². The maximum atomic E-state index is 10.5. The molecule has 0 aliphatic carbocycles. The van der Waals surface area contributed by atoms with Gasteiger partial charge in [-0.3, -0.25) is 15.0 Å². The highest BCUT2D eigenvalue weighted by Gasteiger charge is 2.17. The number of nitro groups is 1. The Morgan fingerprint density at radius 3 is 3.06 bits per heavy atom. The molecule has 0 bridgehead atoms. The summed E-state index contributed by atoms with van der Waals surface area (Å²) in [4.78, 5) is 12.0. The number of furan rings is 1. The lowest BCUT2D eigenvalue weighted by atomic mass is 10.3. The fourth-order valence-corrected chi connectivity index (χ4v) is 1.96. The number of rotatable bonds is 5. The average Bonchev–Trinajstić information content (AvgIpc) is 2.78. The number of hydrogen-bond acceptors (Lipinski definition) is 6. The molecular formula is C11H17N3O4. The zero-order chi connectivity index (χ0) is 13.0. The van der Waals surface area contributed by atoms with Gasteiger partial charge in [-0.05, 0) is 13.1 Å². The maximum absolute atomic E-state index is 10.5. The van der Waals surface area contributed by atoms with Gasteiger partial charge in [0.25, 0.3) is 0 Å². The van der Waals surface area contributed by atoms with Crippen LogP contribution in [-0.4, -0.2) is 49.2 Å². The Morgan fingerprint density at radius 2 is 2.44 bits per heavy atom. The van der Waals surface area contributed by atoms with Crippen LogP contribution in [-0.2, 0) is 11.3 Å². The Morgan fingerprint density at radius 1 is 1.61 bits per heavy atom. The highest BCUT2D eigenvalue weighted by atomic mass is 16.6. The average molecular weight is 255 g/mol. The van der Waals surface area contributed by atoms with E-state index in [0.717, 1.165) is 26.2 Å². The lowest BCUT2D eigenvalue weighted by Gasteiger charge is -2.27. The summed E-state index contributed by atoms with van der Waals surface area (Å²) in [7, 11) is 1.94. The molecule has 1 N–H and O–H groups in total. The van der Waals surface area contributed by atoms with E-state index in [-0.39, 0.29) is 12.0 Å². The highest BCUT2D eigenvalue weighted by molar-refractivity contribution is 5.17. The van der Waals surface area contributed by atoms with Gasteiger partial charge in [0, 0.05) is 19.6 Å². The summed E-state index contributed by atoms with van der Waals surface area (Å²) in [6.07, 6.45) is 0.161. The third kappa shape index (κ3) is 3.52. The summed E-state index contributed by atoms with van der Waals surface area (Å²) in [5.41, 5.74) is 0. The normalized spacial score (nSPS) is 20.2. The first kappa shape index (κ1) is 13.0. The molecule has 1 atom stereocenters. The molecule has 0 spiro atoms. The van der Waals surface area contributed by atoms with Crippen molar-refractivity contribution >= 4 is 5.88 Å². The van der Waals surface area contributed by atoms with Crippen LogP contribution in [0.5, 0.6) is 0 Å². The fraction of sp³-hybridized carbons (Fsp3) is 0.636. The third-order valence-corrected chi connectivity index (χ3v) is 2.77. The van der Waals surface area contributed by atoms with Crippen LogP contribution in [0.2, 0.25) is 0 Å². The highest BCUT2D eigenvalue weighted by Crippen LogP contribution is 2.16. The van der Waals surface area contributed by atoms with Crippen molar-refractivity contribution in [1.29, 1.82) is 0 Å². The van der Waals surface area contributed by atoms with Gasteiger partial charge in [-0.15, -0.1) is 0 Å². The van der Waals surface area contributed by atoms with Crippen LogP contribution in [0.15, 0.2) is 16.5 Å². The van der Waals surface area contributed by atoms with Gasteiger partial charge in [0.1, 0.15) is 10.7 Å². The Balaban J connectivity index is 1.82. The second kappa shape index (κ2) is 5.94. The van der Waals surface area contributed by atoms with E-state index in [1.54, 1.807) is 6.07 Å². The number of nitrogens with one attached hydrogen (secondary N) is 1. The minimum Gasteiger partial charge on any atom is -0.404 e. The van der Waals surface area contributed by atoms with Gasteiger partial charge in [0.2, 0.25) is 0 Å². The van der Waals surface area contributed by atoms with E-state index in [2.05, 4.69) is 5.32 Å². The van der Waals surface area contributed by atoms with E-state index in [9.17, 15) is 10.1 Å². The minimum absolute atomic E-state index is 0.161. The summed E-state index contributed by atoms with van der Waals surface area (Å²) in [6.45, 7) is 3.76. The van der Waals surface area contributed by atoms with E-state index in [1.165, 1.54) is 6.07 Å². The first-order valence-electron chi connectivity index (χ1n) is 5.89. The molecule has 18 heavy (non-hydrogen) atoms. The molecule has 1 saturated heterocycles. The van der Waals surface area contributed by atoms with Crippen LogP contribution in [0.3, 0.4) is 0 Å². The molecule has 1 aliphatic rings. The molecule has 1 aliphatic heterocycles. The van der Waals surface area contributed by atoms with Crippen molar-refractivity contribution in [3.8, 4) is 0 Å². The number of ether oxygens (including phenoxy) is 1. The van der Waals surface area contributed by atoms with Crippen LogP contribution in [0.4, 0.5) is 5.88 Å². The second-order valence-electron chi connectivity index (χ2n) is 4.39. The summed E-state index contributed by atoms with van der Waals surface area (Å²) in [5.74, 6) is 0.377. The Hall–Kier alpha value is -1.44. The van der Waals surface area contributed by atoms with E-state index in [0.29, 0.717) is 12.3 Å². The molecule has 1 unspecified atom stereocenters. The zero-order valence-electron chi connectivity index (χ0n) is 10.3. The molecule has 7 heteroatoms. The SMILES string of the molecule is CN(Cc1ccc([N+](=O)[O-])o1)CC1CNCCO1. The molecule has 2 rings (SSSR count). The molecule has 1 aromatic rings. The van der Waals surface area contributed by atoms with Gasteiger partial charge in [-0.2, -0.15) is 0 Å². The number of nitrogens with zero attached hydrogens (tertiary/aromatic N) is 2. The number of morpholine rings is 1. The van der Waals surface area contributed by atoms with E-state index in [1.807, 2.05) is 11.9 Å². The van der Waals surface area contributed by atoms with E-state index >= 15 is 0 Å². The molecule has 0 radical (unpaired) electrons. The van der Waals surface area contributed by atoms with Crippen molar-refractivity contribution in [2.45, 2.75) is 12.6 Å². The number of likely N-dealkylation sites (N-methyl/N-ethyl adjacent to an activating group) is 1. The van der Waals surface area contributed by atoms with Crippen molar-refractivity contribution in [3.63, 3.8) is 0 Å². The van der Waals surface area contributed by atoms with Crippen LogP contribution in [0.25, 0.3) is 0 Å².